The minimum absolute atomic E-state index is 0.206. The van der Waals surface area contributed by atoms with Crippen LogP contribution in [0, 0.1) is 0 Å². The fraction of sp³-hybridized carbons (Fsp3) is 0.158. The molecule has 0 saturated heterocycles. The molecule has 0 spiro atoms. The quantitative estimate of drug-likeness (QED) is 0.750. The second-order valence-corrected chi connectivity index (χ2v) is 5.31. The van der Waals surface area contributed by atoms with Crippen LogP contribution in [0.2, 0.25) is 0 Å². The van der Waals surface area contributed by atoms with Crippen LogP contribution in [-0.4, -0.2) is 15.8 Å². The summed E-state index contributed by atoms with van der Waals surface area (Å²) in [7, 11) is 0. The number of benzene rings is 2. The molecule has 0 radical (unpaired) electrons. The van der Waals surface area contributed by atoms with E-state index in [4.69, 9.17) is 0 Å². The van der Waals surface area contributed by atoms with Gasteiger partial charge >= 0.3 is 0 Å². The van der Waals surface area contributed by atoms with Crippen LogP contribution in [0.25, 0.3) is 11.3 Å². The molecular formula is C19H18N2O. The highest BCUT2D eigenvalue weighted by Gasteiger charge is 2.08. The monoisotopic (exact) mass is 290 g/mol. The number of rotatable bonds is 6. The van der Waals surface area contributed by atoms with Crippen molar-refractivity contribution in [1.82, 2.24) is 9.97 Å². The van der Waals surface area contributed by atoms with Gasteiger partial charge < -0.3 is 4.98 Å². The summed E-state index contributed by atoms with van der Waals surface area (Å²) in [5.74, 6) is 0.940. The van der Waals surface area contributed by atoms with Gasteiger partial charge in [0.1, 0.15) is 11.6 Å². The first kappa shape index (κ1) is 14.3. The Hall–Kier alpha value is -2.68. The number of aromatic nitrogens is 2. The Labute approximate surface area is 130 Å². The Morgan fingerprint density at radius 1 is 0.955 bits per heavy atom. The van der Waals surface area contributed by atoms with E-state index >= 15 is 0 Å². The average molecular weight is 290 g/mol. The second-order valence-electron chi connectivity index (χ2n) is 5.31. The maximum Gasteiger partial charge on any atom is 0.140 e. The molecule has 0 unspecified atom stereocenters. The van der Waals surface area contributed by atoms with E-state index in [0.717, 1.165) is 23.5 Å². The van der Waals surface area contributed by atoms with E-state index < -0.39 is 0 Å². The highest BCUT2D eigenvalue weighted by atomic mass is 16.1. The Balaban J connectivity index is 1.57. The molecule has 2 aromatic carbocycles. The van der Waals surface area contributed by atoms with Crippen molar-refractivity contribution in [3.8, 4) is 11.3 Å². The van der Waals surface area contributed by atoms with Crippen molar-refractivity contribution in [3.05, 3.63) is 78.2 Å². The molecule has 0 aliphatic rings. The van der Waals surface area contributed by atoms with Gasteiger partial charge in [0, 0.05) is 6.42 Å². The van der Waals surface area contributed by atoms with E-state index in [2.05, 4.69) is 9.97 Å². The first-order valence-electron chi connectivity index (χ1n) is 7.46. The molecule has 1 N–H and O–H groups in total. The van der Waals surface area contributed by atoms with Crippen LogP contribution >= 0.6 is 0 Å². The number of Topliss-reactive ketones (excluding diaryl/α,β-unsaturated/α-hetero) is 1. The van der Waals surface area contributed by atoms with Crippen molar-refractivity contribution >= 4 is 5.78 Å². The third kappa shape index (κ3) is 3.70. The van der Waals surface area contributed by atoms with Crippen molar-refractivity contribution in [2.45, 2.75) is 19.3 Å². The molecule has 0 aliphatic heterocycles. The number of H-pyrrole nitrogens is 1. The molecule has 22 heavy (non-hydrogen) atoms. The summed E-state index contributed by atoms with van der Waals surface area (Å²) in [5.41, 5.74) is 3.23. The van der Waals surface area contributed by atoms with Gasteiger partial charge in [0.2, 0.25) is 0 Å². The number of nitrogens with one attached hydrogen (secondary N) is 1. The maximum absolute atomic E-state index is 12.1. The maximum atomic E-state index is 12.1. The number of aryl methyl sites for hydroxylation is 1. The highest BCUT2D eigenvalue weighted by Crippen LogP contribution is 2.16. The van der Waals surface area contributed by atoms with Crippen molar-refractivity contribution in [2.75, 3.05) is 0 Å². The van der Waals surface area contributed by atoms with Gasteiger partial charge in [-0.1, -0.05) is 60.7 Å². The highest BCUT2D eigenvalue weighted by molar-refractivity contribution is 5.80. The topological polar surface area (TPSA) is 45.8 Å². The predicted octanol–water partition coefficient (Wildman–Crippen LogP) is 3.82. The first-order chi connectivity index (χ1) is 10.8. The van der Waals surface area contributed by atoms with E-state index in [1.165, 1.54) is 5.56 Å². The Morgan fingerprint density at radius 2 is 1.64 bits per heavy atom. The minimum atomic E-state index is 0.206. The Kier molecular flexibility index (Phi) is 4.44. The zero-order valence-corrected chi connectivity index (χ0v) is 12.3. The molecule has 0 saturated carbocycles. The molecule has 0 aliphatic carbocycles. The standard InChI is InChI=1S/C19H18N2O/c22-17(12-11-15-7-3-1-4-8-15)13-19-20-14-18(21-19)16-9-5-2-6-10-16/h1-10,14H,11-13H2,(H,20,21). The summed E-state index contributed by atoms with van der Waals surface area (Å²) in [5, 5.41) is 0. The molecule has 0 fully saturated rings. The van der Waals surface area contributed by atoms with Gasteiger partial charge in [0.25, 0.3) is 0 Å². The lowest BCUT2D eigenvalue weighted by Crippen LogP contribution is -2.05. The summed E-state index contributed by atoms with van der Waals surface area (Å²) in [4.78, 5) is 19.6. The van der Waals surface area contributed by atoms with Crippen molar-refractivity contribution in [3.63, 3.8) is 0 Å². The van der Waals surface area contributed by atoms with Crippen molar-refractivity contribution < 1.29 is 4.79 Å². The molecule has 110 valence electrons. The lowest BCUT2D eigenvalue weighted by molar-refractivity contribution is -0.118. The fourth-order valence-corrected chi connectivity index (χ4v) is 2.42. The Morgan fingerprint density at radius 3 is 2.36 bits per heavy atom. The third-order valence-electron chi connectivity index (χ3n) is 3.61. The number of nitrogens with zero attached hydrogens (tertiary/aromatic N) is 1. The summed E-state index contributed by atoms with van der Waals surface area (Å²) in [6.45, 7) is 0. The molecule has 1 aromatic heterocycles. The van der Waals surface area contributed by atoms with Crippen LogP contribution in [-0.2, 0) is 17.6 Å². The number of imidazole rings is 1. The molecular weight excluding hydrogens is 272 g/mol. The van der Waals surface area contributed by atoms with Crippen LogP contribution in [0.4, 0.5) is 0 Å². The van der Waals surface area contributed by atoms with Gasteiger partial charge in [-0.05, 0) is 17.5 Å². The number of hydrogen-bond donors (Lipinski definition) is 1. The molecule has 3 aromatic rings. The molecule has 1 heterocycles. The van der Waals surface area contributed by atoms with Crippen LogP contribution in [0.15, 0.2) is 66.9 Å². The van der Waals surface area contributed by atoms with Crippen molar-refractivity contribution in [2.24, 2.45) is 0 Å². The SMILES string of the molecule is O=C(CCc1ccccc1)Cc1ncc(-c2ccccc2)[nH]1. The van der Waals surface area contributed by atoms with E-state index in [0.29, 0.717) is 12.8 Å². The van der Waals surface area contributed by atoms with Gasteiger partial charge in [0.05, 0.1) is 18.3 Å². The molecule has 3 heteroatoms. The van der Waals surface area contributed by atoms with E-state index in [-0.39, 0.29) is 5.78 Å². The lowest BCUT2D eigenvalue weighted by atomic mass is 10.1. The number of hydrogen-bond acceptors (Lipinski definition) is 2. The lowest BCUT2D eigenvalue weighted by Gasteiger charge is -2.00. The largest absolute Gasteiger partial charge is 0.342 e. The first-order valence-corrected chi connectivity index (χ1v) is 7.46. The zero-order chi connectivity index (χ0) is 15.2. The summed E-state index contributed by atoms with van der Waals surface area (Å²) >= 11 is 0. The molecule has 0 amide bonds. The number of ketones is 1. The third-order valence-corrected chi connectivity index (χ3v) is 3.61. The van der Waals surface area contributed by atoms with Crippen LogP contribution in [0.1, 0.15) is 17.8 Å². The number of aromatic amines is 1. The average Bonchev–Trinajstić information content (AvgIpc) is 3.03. The zero-order valence-electron chi connectivity index (χ0n) is 12.3. The summed E-state index contributed by atoms with van der Waals surface area (Å²) in [6.07, 6.45) is 3.48. The summed E-state index contributed by atoms with van der Waals surface area (Å²) in [6, 6.07) is 20.1. The molecule has 3 rings (SSSR count). The second kappa shape index (κ2) is 6.85. The van der Waals surface area contributed by atoms with Crippen LogP contribution < -0.4 is 0 Å². The molecule has 0 atom stereocenters. The van der Waals surface area contributed by atoms with Crippen LogP contribution in [0.3, 0.4) is 0 Å². The summed E-state index contributed by atoms with van der Waals surface area (Å²) < 4.78 is 0. The number of carbonyl (C=O) groups is 1. The molecule has 3 nitrogen and oxygen atoms in total. The van der Waals surface area contributed by atoms with E-state index in [1.807, 2.05) is 60.7 Å². The normalized spacial score (nSPS) is 10.5. The fourth-order valence-electron chi connectivity index (χ4n) is 2.42. The minimum Gasteiger partial charge on any atom is -0.342 e. The van der Waals surface area contributed by atoms with Gasteiger partial charge in [-0.2, -0.15) is 0 Å². The van der Waals surface area contributed by atoms with Gasteiger partial charge in [0.15, 0.2) is 0 Å². The van der Waals surface area contributed by atoms with Crippen molar-refractivity contribution in [1.29, 1.82) is 0 Å². The predicted molar refractivity (Wildman–Crippen MR) is 87.5 cm³/mol. The van der Waals surface area contributed by atoms with Gasteiger partial charge in [-0.25, -0.2) is 4.98 Å². The smallest absolute Gasteiger partial charge is 0.140 e. The van der Waals surface area contributed by atoms with Crippen LogP contribution in [0.5, 0.6) is 0 Å². The molecule has 0 bridgehead atoms. The van der Waals surface area contributed by atoms with E-state index in [1.54, 1.807) is 6.20 Å². The van der Waals surface area contributed by atoms with Gasteiger partial charge in [-0.15, -0.1) is 0 Å². The van der Waals surface area contributed by atoms with E-state index in [9.17, 15) is 4.79 Å². The Bertz CT molecular complexity index is 732. The van der Waals surface area contributed by atoms with Gasteiger partial charge in [-0.3, -0.25) is 4.79 Å². The number of carbonyl (C=O) groups excluding carboxylic acids is 1.